The van der Waals surface area contributed by atoms with Gasteiger partial charge in [0.2, 0.25) is 5.91 Å². The van der Waals surface area contributed by atoms with Crippen LogP contribution in [-0.2, 0) is 21.2 Å². The Morgan fingerprint density at radius 1 is 1.09 bits per heavy atom. The van der Waals surface area contributed by atoms with E-state index in [0.717, 1.165) is 4.47 Å². The number of rotatable bonds is 5. The molecule has 0 bridgehead atoms. The highest BCUT2D eigenvalue weighted by Crippen LogP contribution is 2.21. The van der Waals surface area contributed by atoms with Crippen molar-refractivity contribution in [1.29, 1.82) is 0 Å². The second kappa shape index (κ2) is 6.93. The molecule has 0 heterocycles. The zero-order valence-corrected chi connectivity index (χ0v) is 14.2. The number of carbonyl (C=O) groups is 1. The van der Waals surface area contributed by atoms with Crippen molar-refractivity contribution < 1.29 is 13.2 Å². The van der Waals surface area contributed by atoms with Crippen LogP contribution in [0.15, 0.2) is 57.9 Å². The summed E-state index contributed by atoms with van der Waals surface area (Å²) >= 11 is 3.27. The number of benzene rings is 2. The number of sulfonamides is 1. The maximum Gasteiger partial charge on any atom is 0.261 e. The summed E-state index contributed by atoms with van der Waals surface area (Å²) in [5.74, 6) is -0.185. The SMILES string of the molecule is CNC(=O)Cc1ccccc1NS(=O)(=O)c1ccc(Br)cc1. The Morgan fingerprint density at radius 2 is 1.73 bits per heavy atom. The van der Waals surface area contributed by atoms with E-state index in [1.807, 2.05) is 0 Å². The van der Waals surface area contributed by atoms with Gasteiger partial charge in [-0.15, -0.1) is 0 Å². The van der Waals surface area contributed by atoms with Gasteiger partial charge >= 0.3 is 0 Å². The monoisotopic (exact) mass is 382 g/mol. The lowest BCUT2D eigenvalue weighted by Crippen LogP contribution is -2.21. The molecule has 22 heavy (non-hydrogen) atoms. The molecule has 0 saturated carbocycles. The first kappa shape index (κ1) is 16.5. The second-order valence-electron chi connectivity index (χ2n) is 4.57. The van der Waals surface area contributed by atoms with Gasteiger partial charge in [-0.1, -0.05) is 34.1 Å². The third kappa shape index (κ3) is 4.08. The number of halogens is 1. The Morgan fingerprint density at radius 3 is 2.36 bits per heavy atom. The summed E-state index contributed by atoms with van der Waals surface area (Å²) in [6.45, 7) is 0. The van der Waals surface area contributed by atoms with E-state index in [1.54, 1.807) is 36.4 Å². The lowest BCUT2D eigenvalue weighted by molar-refractivity contribution is -0.119. The Balaban J connectivity index is 2.30. The summed E-state index contributed by atoms with van der Waals surface area (Å²) in [5, 5.41) is 2.52. The van der Waals surface area contributed by atoms with Gasteiger partial charge in [0, 0.05) is 11.5 Å². The number of hydrogen-bond donors (Lipinski definition) is 2. The van der Waals surface area contributed by atoms with Crippen molar-refractivity contribution in [2.75, 3.05) is 11.8 Å². The van der Waals surface area contributed by atoms with Crippen molar-refractivity contribution in [2.45, 2.75) is 11.3 Å². The van der Waals surface area contributed by atoms with Crippen molar-refractivity contribution in [2.24, 2.45) is 0 Å². The second-order valence-corrected chi connectivity index (χ2v) is 7.16. The minimum absolute atomic E-state index is 0.107. The molecule has 0 spiro atoms. The van der Waals surface area contributed by atoms with Crippen LogP contribution in [0.5, 0.6) is 0 Å². The Labute approximate surface area is 137 Å². The fraction of sp³-hybridized carbons (Fsp3) is 0.133. The van der Waals surface area contributed by atoms with Crippen molar-refractivity contribution in [3.8, 4) is 0 Å². The highest BCUT2D eigenvalue weighted by Gasteiger charge is 2.16. The number of amides is 1. The van der Waals surface area contributed by atoms with E-state index < -0.39 is 10.0 Å². The number of carbonyl (C=O) groups excluding carboxylic acids is 1. The van der Waals surface area contributed by atoms with Crippen LogP contribution in [0.1, 0.15) is 5.56 Å². The van der Waals surface area contributed by atoms with Crippen molar-refractivity contribution in [1.82, 2.24) is 5.32 Å². The molecule has 7 heteroatoms. The average Bonchev–Trinajstić information content (AvgIpc) is 2.49. The standard InChI is InChI=1S/C15H15BrN2O3S/c1-17-15(19)10-11-4-2-3-5-14(11)18-22(20,21)13-8-6-12(16)7-9-13/h2-9,18H,10H2,1H3,(H,17,19). The first-order valence-electron chi connectivity index (χ1n) is 6.49. The molecule has 0 radical (unpaired) electrons. The van der Waals surface area contributed by atoms with Crippen molar-refractivity contribution in [3.05, 3.63) is 58.6 Å². The van der Waals surface area contributed by atoms with Gasteiger partial charge in [-0.3, -0.25) is 9.52 Å². The predicted molar refractivity (Wildman–Crippen MR) is 89.2 cm³/mol. The molecule has 2 rings (SSSR count). The largest absolute Gasteiger partial charge is 0.359 e. The Kier molecular flexibility index (Phi) is 5.20. The number of nitrogens with one attached hydrogen (secondary N) is 2. The summed E-state index contributed by atoms with van der Waals surface area (Å²) in [6.07, 6.45) is 0.107. The molecular formula is C15H15BrN2O3S. The molecule has 2 aromatic carbocycles. The summed E-state index contributed by atoms with van der Waals surface area (Å²) in [4.78, 5) is 11.7. The zero-order chi connectivity index (χ0) is 16.2. The van der Waals surface area contributed by atoms with Gasteiger partial charge in [-0.2, -0.15) is 0 Å². The first-order valence-corrected chi connectivity index (χ1v) is 8.77. The number of hydrogen-bond acceptors (Lipinski definition) is 3. The molecule has 5 nitrogen and oxygen atoms in total. The molecular weight excluding hydrogens is 368 g/mol. The molecule has 2 N–H and O–H groups in total. The van der Waals surface area contributed by atoms with Crippen LogP contribution in [0.3, 0.4) is 0 Å². The average molecular weight is 383 g/mol. The van der Waals surface area contributed by atoms with E-state index in [2.05, 4.69) is 26.0 Å². The van der Waals surface area contributed by atoms with Gasteiger partial charge in [0.1, 0.15) is 0 Å². The predicted octanol–water partition coefficient (Wildman–Crippen LogP) is 2.54. The molecule has 116 valence electrons. The van der Waals surface area contributed by atoms with E-state index in [1.165, 1.54) is 19.2 Å². The number of anilines is 1. The normalized spacial score (nSPS) is 11.0. The molecule has 0 saturated heterocycles. The van der Waals surface area contributed by atoms with E-state index in [-0.39, 0.29) is 17.2 Å². The van der Waals surface area contributed by atoms with E-state index in [4.69, 9.17) is 0 Å². The van der Waals surface area contributed by atoms with Crippen LogP contribution in [0.2, 0.25) is 0 Å². The molecule has 1 amide bonds. The van der Waals surface area contributed by atoms with E-state index in [9.17, 15) is 13.2 Å². The lowest BCUT2D eigenvalue weighted by Gasteiger charge is -2.12. The van der Waals surface area contributed by atoms with Crippen molar-refractivity contribution >= 4 is 37.5 Å². The Hall–Kier alpha value is -1.86. The fourth-order valence-electron chi connectivity index (χ4n) is 1.85. The van der Waals surface area contributed by atoms with Crippen LogP contribution < -0.4 is 10.0 Å². The van der Waals surface area contributed by atoms with Gasteiger partial charge in [0.25, 0.3) is 10.0 Å². The maximum atomic E-state index is 12.4. The van der Waals surface area contributed by atoms with Gasteiger partial charge in [0.05, 0.1) is 17.0 Å². The summed E-state index contributed by atoms with van der Waals surface area (Å²) < 4.78 is 28.1. The molecule has 0 aliphatic carbocycles. The van der Waals surface area contributed by atoms with Crippen LogP contribution in [-0.4, -0.2) is 21.4 Å². The highest BCUT2D eigenvalue weighted by atomic mass is 79.9. The van der Waals surface area contributed by atoms with Gasteiger partial charge in [0.15, 0.2) is 0 Å². The fourth-order valence-corrected chi connectivity index (χ4v) is 3.22. The van der Waals surface area contributed by atoms with Crippen molar-refractivity contribution in [3.63, 3.8) is 0 Å². The minimum Gasteiger partial charge on any atom is -0.359 e. The highest BCUT2D eigenvalue weighted by molar-refractivity contribution is 9.10. The third-order valence-corrected chi connectivity index (χ3v) is 4.93. The van der Waals surface area contributed by atoms with Crippen LogP contribution in [0, 0.1) is 0 Å². The molecule has 0 aliphatic rings. The molecule has 0 fully saturated rings. The molecule has 0 aromatic heterocycles. The van der Waals surface area contributed by atoms with Gasteiger partial charge in [-0.25, -0.2) is 8.42 Å². The van der Waals surface area contributed by atoms with Gasteiger partial charge < -0.3 is 5.32 Å². The lowest BCUT2D eigenvalue weighted by atomic mass is 10.1. The summed E-state index contributed by atoms with van der Waals surface area (Å²) in [5.41, 5.74) is 1.01. The molecule has 0 unspecified atom stereocenters. The zero-order valence-electron chi connectivity index (χ0n) is 11.8. The van der Waals surface area contributed by atoms with Gasteiger partial charge in [-0.05, 0) is 35.9 Å². The van der Waals surface area contributed by atoms with Crippen LogP contribution >= 0.6 is 15.9 Å². The summed E-state index contributed by atoms with van der Waals surface area (Å²) in [6, 6.07) is 13.2. The van der Waals surface area contributed by atoms with Crippen LogP contribution in [0.25, 0.3) is 0 Å². The van der Waals surface area contributed by atoms with E-state index >= 15 is 0 Å². The maximum absolute atomic E-state index is 12.4. The first-order chi connectivity index (χ1) is 10.4. The number of likely N-dealkylation sites (N-methyl/N-ethyl adjacent to an activating group) is 1. The molecule has 0 atom stereocenters. The molecule has 0 aliphatic heterocycles. The smallest absolute Gasteiger partial charge is 0.261 e. The van der Waals surface area contributed by atoms with Crippen LogP contribution in [0.4, 0.5) is 5.69 Å². The topological polar surface area (TPSA) is 75.3 Å². The number of para-hydroxylation sites is 1. The quantitative estimate of drug-likeness (QED) is 0.833. The Bertz CT molecular complexity index is 774. The molecule has 2 aromatic rings. The minimum atomic E-state index is -3.70. The summed E-state index contributed by atoms with van der Waals surface area (Å²) in [7, 11) is -2.16. The third-order valence-electron chi connectivity index (χ3n) is 3.02. The van der Waals surface area contributed by atoms with E-state index in [0.29, 0.717) is 11.3 Å².